The van der Waals surface area contributed by atoms with Crippen LogP contribution in [0.25, 0.3) is 0 Å². The second kappa shape index (κ2) is 6.64. The first-order valence-electron chi connectivity index (χ1n) is 7.70. The Morgan fingerprint density at radius 1 is 1.38 bits per heavy atom. The number of hydrogen-bond acceptors (Lipinski definition) is 4. The standard InChI is InChI=1S/C15H21N3O2S/c19-13-6-7-16-15-18(13)9-12(10-21-15)14(20)17-8-11-4-2-1-3-5-11/h6-7,11-12H,1-5,8-10H2,(H,17,20). The lowest BCUT2D eigenvalue weighted by Gasteiger charge is -2.26. The van der Waals surface area contributed by atoms with Gasteiger partial charge in [-0.1, -0.05) is 31.0 Å². The van der Waals surface area contributed by atoms with Gasteiger partial charge in [0.1, 0.15) is 0 Å². The topological polar surface area (TPSA) is 64.0 Å². The minimum absolute atomic E-state index is 0.0720. The first-order valence-corrected chi connectivity index (χ1v) is 8.69. The molecular weight excluding hydrogens is 286 g/mol. The molecule has 1 unspecified atom stereocenters. The average molecular weight is 307 g/mol. The zero-order valence-corrected chi connectivity index (χ0v) is 12.9. The summed E-state index contributed by atoms with van der Waals surface area (Å²) in [6, 6.07) is 1.45. The fraction of sp³-hybridized carbons (Fsp3) is 0.667. The van der Waals surface area contributed by atoms with Gasteiger partial charge in [0.25, 0.3) is 5.56 Å². The Kier molecular flexibility index (Phi) is 4.63. The normalized spacial score (nSPS) is 22.6. The number of nitrogens with one attached hydrogen (secondary N) is 1. The lowest BCUT2D eigenvalue weighted by atomic mass is 9.89. The van der Waals surface area contributed by atoms with Crippen molar-refractivity contribution >= 4 is 17.7 Å². The van der Waals surface area contributed by atoms with Gasteiger partial charge in [0, 0.05) is 31.1 Å². The van der Waals surface area contributed by atoms with Crippen LogP contribution < -0.4 is 10.9 Å². The first-order chi connectivity index (χ1) is 10.2. The molecule has 1 saturated carbocycles. The summed E-state index contributed by atoms with van der Waals surface area (Å²) in [6.45, 7) is 1.24. The van der Waals surface area contributed by atoms with Gasteiger partial charge in [-0.15, -0.1) is 0 Å². The van der Waals surface area contributed by atoms with Gasteiger partial charge < -0.3 is 5.32 Å². The Morgan fingerprint density at radius 3 is 3.00 bits per heavy atom. The van der Waals surface area contributed by atoms with E-state index in [1.165, 1.54) is 56.1 Å². The Morgan fingerprint density at radius 2 is 2.19 bits per heavy atom. The number of carbonyl (C=O) groups excluding carboxylic acids is 1. The molecule has 1 aromatic heterocycles. The molecule has 0 radical (unpaired) electrons. The largest absolute Gasteiger partial charge is 0.356 e. The average Bonchev–Trinajstić information content (AvgIpc) is 2.54. The molecule has 1 amide bonds. The fourth-order valence-corrected chi connectivity index (χ4v) is 4.15. The van der Waals surface area contributed by atoms with Crippen molar-refractivity contribution in [3.63, 3.8) is 0 Å². The van der Waals surface area contributed by atoms with Crippen molar-refractivity contribution in [2.24, 2.45) is 11.8 Å². The maximum atomic E-state index is 12.3. The number of fused-ring (bicyclic) bond motifs is 1. The Labute approximate surface area is 128 Å². The molecule has 6 heteroatoms. The summed E-state index contributed by atoms with van der Waals surface area (Å²) in [4.78, 5) is 28.3. The molecule has 3 rings (SSSR count). The zero-order chi connectivity index (χ0) is 14.7. The highest BCUT2D eigenvalue weighted by molar-refractivity contribution is 7.99. The predicted molar refractivity (Wildman–Crippen MR) is 82.3 cm³/mol. The van der Waals surface area contributed by atoms with Gasteiger partial charge in [-0.2, -0.15) is 0 Å². The van der Waals surface area contributed by atoms with Gasteiger partial charge in [0.2, 0.25) is 5.91 Å². The molecular formula is C15H21N3O2S. The second-order valence-corrected chi connectivity index (χ2v) is 6.92. The maximum Gasteiger partial charge on any atom is 0.254 e. The van der Waals surface area contributed by atoms with Crippen LogP contribution in [-0.2, 0) is 11.3 Å². The minimum atomic E-state index is -0.131. The van der Waals surface area contributed by atoms with Crippen LogP contribution in [0, 0.1) is 11.8 Å². The van der Waals surface area contributed by atoms with Gasteiger partial charge >= 0.3 is 0 Å². The summed E-state index contributed by atoms with van der Waals surface area (Å²) >= 11 is 1.49. The fourth-order valence-electron chi connectivity index (χ4n) is 3.09. The molecule has 1 fully saturated rings. The zero-order valence-electron chi connectivity index (χ0n) is 12.1. The molecule has 1 aromatic rings. The third-order valence-electron chi connectivity index (χ3n) is 4.38. The number of thioether (sulfide) groups is 1. The number of rotatable bonds is 3. The van der Waals surface area contributed by atoms with E-state index in [1.54, 1.807) is 4.57 Å². The third-order valence-corrected chi connectivity index (χ3v) is 5.53. The highest BCUT2D eigenvalue weighted by Crippen LogP contribution is 2.25. The Balaban J connectivity index is 1.56. The maximum absolute atomic E-state index is 12.3. The van der Waals surface area contributed by atoms with E-state index in [4.69, 9.17) is 0 Å². The Bertz CT molecular complexity index is 566. The first kappa shape index (κ1) is 14.6. The van der Waals surface area contributed by atoms with Gasteiger partial charge in [0.05, 0.1) is 5.92 Å². The van der Waals surface area contributed by atoms with Crippen LogP contribution >= 0.6 is 11.8 Å². The van der Waals surface area contributed by atoms with Crippen molar-refractivity contribution in [1.29, 1.82) is 0 Å². The lowest BCUT2D eigenvalue weighted by Crippen LogP contribution is -2.41. The van der Waals surface area contributed by atoms with E-state index in [0.717, 1.165) is 11.7 Å². The molecule has 0 spiro atoms. The van der Waals surface area contributed by atoms with Crippen molar-refractivity contribution in [2.75, 3.05) is 12.3 Å². The highest BCUT2D eigenvalue weighted by Gasteiger charge is 2.26. The Hall–Kier alpha value is -1.30. The molecule has 0 saturated heterocycles. The van der Waals surface area contributed by atoms with Gasteiger partial charge in [0.15, 0.2) is 5.16 Å². The van der Waals surface area contributed by atoms with Crippen LogP contribution in [0.3, 0.4) is 0 Å². The summed E-state index contributed by atoms with van der Waals surface area (Å²) in [5.41, 5.74) is -0.0720. The van der Waals surface area contributed by atoms with E-state index in [1.807, 2.05) is 0 Å². The van der Waals surface area contributed by atoms with Crippen LogP contribution in [0.5, 0.6) is 0 Å². The van der Waals surface area contributed by atoms with E-state index in [0.29, 0.717) is 18.2 Å². The number of amides is 1. The van der Waals surface area contributed by atoms with Crippen molar-refractivity contribution in [3.05, 3.63) is 22.6 Å². The van der Waals surface area contributed by atoms with Crippen LogP contribution in [-0.4, -0.2) is 27.8 Å². The van der Waals surface area contributed by atoms with Crippen LogP contribution in [0.2, 0.25) is 0 Å². The van der Waals surface area contributed by atoms with Crippen molar-refractivity contribution in [2.45, 2.75) is 43.8 Å². The summed E-state index contributed by atoms with van der Waals surface area (Å²) in [6.07, 6.45) is 7.89. The summed E-state index contributed by atoms with van der Waals surface area (Å²) in [5.74, 6) is 1.28. The predicted octanol–water partition coefficient (Wildman–Crippen LogP) is 1.66. The number of hydrogen-bond donors (Lipinski definition) is 1. The van der Waals surface area contributed by atoms with Crippen molar-refractivity contribution < 1.29 is 4.79 Å². The monoisotopic (exact) mass is 307 g/mol. The molecule has 1 atom stereocenters. The quantitative estimate of drug-likeness (QED) is 0.863. The molecule has 0 bridgehead atoms. The van der Waals surface area contributed by atoms with E-state index in [9.17, 15) is 9.59 Å². The van der Waals surface area contributed by atoms with Crippen molar-refractivity contribution in [3.8, 4) is 0 Å². The van der Waals surface area contributed by atoms with Crippen molar-refractivity contribution in [1.82, 2.24) is 14.9 Å². The molecule has 2 heterocycles. The van der Waals surface area contributed by atoms with E-state index < -0.39 is 0 Å². The molecule has 2 aliphatic rings. The minimum Gasteiger partial charge on any atom is -0.356 e. The second-order valence-electron chi connectivity index (χ2n) is 5.93. The van der Waals surface area contributed by atoms with Crippen LogP contribution in [0.15, 0.2) is 22.2 Å². The third kappa shape index (κ3) is 3.48. The lowest BCUT2D eigenvalue weighted by molar-refractivity contribution is -0.125. The number of carbonyl (C=O) groups is 1. The molecule has 114 valence electrons. The summed E-state index contributed by atoms with van der Waals surface area (Å²) in [7, 11) is 0. The van der Waals surface area contributed by atoms with Gasteiger partial charge in [-0.05, 0) is 18.8 Å². The molecule has 1 N–H and O–H groups in total. The summed E-state index contributed by atoms with van der Waals surface area (Å²) in [5, 5.41) is 3.81. The van der Waals surface area contributed by atoms with Crippen LogP contribution in [0.1, 0.15) is 32.1 Å². The molecule has 21 heavy (non-hydrogen) atoms. The smallest absolute Gasteiger partial charge is 0.254 e. The van der Waals surface area contributed by atoms with E-state index in [2.05, 4.69) is 10.3 Å². The number of aromatic nitrogens is 2. The molecule has 1 aliphatic carbocycles. The van der Waals surface area contributed by atoms with Crippen LogP contribution in [0.4, 0.5) is 0 Å². The van der Waals surface area contributed by atoms with Gasteiger partial charge in [-0.25, -0.2) is 4.98 Å². The van der Waals surface area contributed by atoms with Gasteiger partial charge in [-0.3, -0.25) is 14.2 Å². The molecule has 0 aromatic carbocycles. The van der Waals surface area contributed by atoms with E-state index >= 15 is 0 Å². The number of nitrogens with zero attached hydrogens (tertiary/aromatic N) is 2. The molecule has 5 nitrogen and oxygen atoms in total. The molecule has 1 aliphatic heterocycles. The van der Waals surface area contributed by atoms with E-state index in [-0.39, 0.29) is 17.4 Å². The summed E-state index contributed by atoms with van der Waals surface area (Å²) < 4.78 is 1.61. The highest BCUT2D eigenvalue weighted by atomic mass is 32.2. The SMILES string of the molecule is O=C(NCC1CCCCC1)C1CSc2nccc(=O)n2C1.